The van der Waals surface area contributed by atoms with Crippen molar-refractivity contribution in [2.75, 3.05) is 13.1 Å². The van der Waals surface area contributed by atoms with Crippen molar-refractivity contribution in [3.05, 3.63) is 27.1 Å². The van der Waals surface area contributed by atoms with E-state index in [1.165, 1.54) is 4.31 Å². The summed E-state index contributed by atoms with van der Waals surface area (Å²) in [7, 11) is -3.37. The zero-order valence-electron chi connectivity index (χ0n) is 9.07. The summed E-state index contributed by atoms with van der Waals surface area (Å²) in [6.07, 6.45) is 0. The fraction of sp³-hybridized carbons (Fsp3) is 0.400. The zero-order valence-corrected chi connectivity index (χ0v) is 13.1. The Labute approximate surface area is 113 Å². The third-order valence-corrected chi connectivity index (χ3v) is 5.12. The molecule has 0 saturated carbocycles. The molecule has 0 unspecified atom stereocenters. The molecule has 1 rings (SSSR count). The van der Waals surface area contributed by atoms with Gasteiger partial charge in [-0.1, -0.05) is 45.7 Å². The molecule has 0 saturated heterocycles. The molecule has 90 valence electrons. The van der Waals surface area contributed by atoms with Crippen molar-refractivity contribution < 1.29 is 8.42 Å². The molecule has 1 aromatic carbocycles. The van der Waals surface area contributed by atoms with Crippen LogP contribution in [0.1, 0.15) is 13.8 Å². The Morgan fingerprint density at radius 3 is 1.88 bits per heavy atom. The molecule has 3 nitrogen and oxygen atoms in total. The Balaban J connectivity index is 3.26. The average molecular weight is 371 g/mol. The maximum atomic E-state index is 12.2. The van der Waals surface area contributed by atoms with E-state index >= 15 is 0 Å². The van der Waals surface area contributed by atoms with Crippen LogP contribution in [0.25, 0.3) is 0 Å². The van der Waals surface area contributed by atoms with Crippen LogP contribution in [-0.2, 0) is 10.0 Å². The number of benzene rings is 1. The number of hydrogen-bond donors (Lipinski definition) is 0. The Bertz CT molecular complexity index is 449. The van der Waals surface area contributed by atoms with Crippen LogP contribution in [0.3, 0.4) is 0 Å². The van der Waals surface area contributed by atoms with Crippen molar-refractivity contribution in [1.29, 1.82) is 0 Å². The second kappa shape index (κ2) is 5.62. The number of hydrogen-bond acceptors (Lipinski definition) is 2. The number of nitrogens with zero attached hydrogens (tertiary/aromatic N) is 1. The standard InChI is InChI=1S/C10H13Br2NO2S/c1-3-13(4-2)16(14,15)10-6-8(11)5-9(12)7-10/h5-7H,3-4H2,1-2H3. The van der Waals surface area contributed by atoms with Crippen LogP contribution in [0.4, 0.5) is 0 Å². The number of halogens is 2. The van der Waals surface area contributed by atoms with E-state index in [9.17, 15) is 8.42 Å². The van der Waals surface area contributed by atoms with E-state index in [2.05, 4.69) is 31.9 Å². The van der Waals surface area contributed by atoms with E-state index < -0.39 is 10.0 Å². The van der Waals surface area contributed by atoms with E-state index in [0.717, 1.165) is 8.95 Å². The van der Waals surface area contributed by atoms with Crippen LogP contribution in [0.2, 0.25) is 0 Å². The number of sulfonamides is 1. The summed E-state index contributed by atoms with van der Waals surface area (Å²) in [6, 6.07) is 5.03. The van der Waals surface area contributed by atoms with Gasteiger partial charge in [0.2, 0.25) is 10.0 Å². The summed E-state index contributed by atoms with van der Waals surface area (Å²) in [4.78, 5) is 0.303. The lowest BCUT2D eigenvalue weighted by Gasteiger charge is -2.18. The SMILES string of the molecule is CCN(CC)S(=O)(=O)c1cc(Br)cc(Br)c1. The Morgan fingerprint density at radius 1 is 1.06 bits per heavy atom. The first-order valence-corrected chi connectivity index (χ1v) is 7.90. The molecule has 0 aromatic heterocycles. The van der Waals surface area contributed by atoms with Gasteiger partial charge in [-0.2, -0.15) is 4.31 Å². The zero-order chi connectivity index (χ0) is 12.3. The molecule has 0 atom stereocenters. The third-order valence-electron chi connectivity index (χ3n) is 2.18. The number of rotatable bonds is 4. The highest BCUT2D eigenvalue weighted by Crippen LogP contribution is 2.25. The van der Waals surface area contributed by atoms with Crippen molar-refractivity contribution in [3.8, 4) is 0 Å². The van der Waals surface area contributed by atoms with Gasteiger partial charge in [0.15, 0.2) is 0 Å². The Morgan fingerprint density at radius 2 is 1.50 bits per heavy atom. The lowest BCUT2D eigenvalue weighted by atomic mass is 10.4. The lowest BCUT2D eigenvalue weighted by Crippen LogP contribution is -2.30. The van der Waals surface area contributed by atoms with Crippen LogP contribution in [-0.4, -0.2) is 25.8 Å². The van der Waals surface area contributed by atoms with E-state index in [4.69, 9.17) is 0 Å². The molecule has 0 heterocycles. The van der Waals surface area contributed by atoms with Crippen molar-refractivity contribution >= 4 is 41.9 Å². The van der Waals surface area contributed by atoms with Crippen molar-refractivity contribution in [1.82, 2.24) is 4.31 Å². The van der Waals surface area contributed by atoms with E-state index in [1.807, 2.05) is 13.8 Å². The van der Waals surface area contributed by atoms with Crippen LogP contribution in [0.5, 0.6) is 0 Å². The topological polar surface area (TPSA) is 37.4 Å². The molecule has 0 aliphatic rings. The van der Waals surface area contributed by atoms with Gasteiger partial charge in [-0.05, 0) is 18.2 Å². The molecule has 6 heteroatoms. The van der Waals surface area contributed by atoms with Gasteiger partial charge in [-0.15, -0.1) is 0 Å². The largest absolute Gasteiger partial charge is 0.243 e. The normalized spacial score (nSPS) is 12.1. The van der Waals surface area contributed by atoms with Gasteiger partial charge >= 0.3 is 0 Å². The summed E-state index contributed by atoms with van der Waals surface area (Å²) >= 11 is 6.57. The van der Waals surface area contributed by atoms with Gasteiger partial charge in [0.25, 0.3) is 0 Å². The summed E-state index contributed by atoms with van der Waals surface area (Å²) in [5, 5.41) is 0. The van der Waals surface area contributed by atoms with Gasteiger partial charge in [0, 0.05) is 22.0 Å². The van der Waals surface area contributed by atoms with Crippen molar-refractivity contribution in [3.63, 3.8) is 0 Å². The van der Waals surface area contributed by atoms with Gasteiger partial charge in [-0.3, -0.25) is 0 Å². The molecule has 0 N–H and O–H groups in total. The smallest absolute Gasteiger partial charge is 0.207 e. The van der Waals surface area contributed by atoms with Gasteiger partial charge < -0.3 is 0 Å². The van der Waals surface area contributed by atoms with E-state index in [-0.39, 0.29) is 0 Å². The summed E-state index contributed by atoms with van der Waals surface area (Å²) in [6.45, 7) is 4.61. The highest BCUT2D eigenvalue weighted by molar-refractivity contribution is 9.11. The Hall–Kier alpha value is 0.0900. The second-order valence-corrected chi connectivity index (χ2v) is 6.96. The molecule has 0 bridgehead atoms. The quantitative estimate of drug-likeness (QED) is 0.815. The van der Waals surface area contributed by atoms with E-state index in [1.54, 1.807) is 18.2 Å². The molecule has 0 aliphatic heterocycles. The summed E-state index contributed by atoms with van der Waals surface area (Å²) in [5.41, 5.74) is 0. The average Bonchev–Trinajstić information content (AvgIpc) is 2.17. The molecule has 0 aliphatic carbocycles. The molecule has 0 fully saturated rings. The maximum absolute atomic E-state index is 12.2. The summed E-state index contributed by atoms with van der Waals surface area (Å²) in [5.74, 6) is 0. The van der Waals surface area contributed by atoms with Crippen molar-refractivity contribution in [2.24, 2.45) is 0 Å². The minimum atomic E-state index is -3.37. The fourth-order valence-corrected chi connectivity index (χ4v) is 4.52. The highest BCUT2D eigenvalue weighted by Gasteiger charge is 2.22. The predicted molar refractivity (Wildman–Crippen MR) is 71.9 cm³/mol. The fourth-order valence-electron chi connectivity index (χ4n) is 1.39. The Kier molecular flexibility index (Phi) is 4.97. The second-order valence-electron chi connectivity index (χ2n) is 3.19. The minimum Gasteiger partial charge on any atom is -0.207 e. The lowest BCUT2D eigenvalue weighted by molar-refractivity contribution is 0.445. The minimum absolute atomic E-state index is 0.303. The molecule has 16 heavy (non-hydrogen) atoms. The van der Waals surface area contributed by atoms with Gasteiger partial charge in [-0.25, -0.2) is 8.42 Å². The van der Waals surface area contributed by atoms with Gasteiger partial charge in [0.05, 0.1) is 4.90 Å². The first-order valence-electron chi connectivity index (χ1n) is 4.88. The van der Waals surface area contributed by atoms with Crippen LogP contribution < -0.4 is 0 Å². The summed E-state index contributed by atoms with van der Waals surface area (Å²) < 4.78 is 27.3. The predicted octanol–water partition coefficient (Wildman–Crippen LogP) is 3.24. The molecular weight excluding hydrogens is 358 g/mol. The third kappa shape index (κ3) is 3.06. The van der Waals surface area contributed by atoms with Crippen molar-refractivity contribution in [2.45, 2.75) is 18.7 Å². The molecule has 0 amide bonds. The first-order chi connectivity index (χ1) is 7.41. The molecule has 0 spiro atoms. The molecular formula is C10H13Br2NO2S. The van der Waals surface area contributed by atoms with Gasteiger partial charge in [0.1, 0.15) is 0 Å². The van der Waals surface area contributed by atoms with Crippen LogP contribution in [0, 0.1) is 0 Å². The van der Waals surface area contributed by atoms with E-state index in [0.29, 0.717) is 18.0 Å². The maximum Gasteiger partial charge on any atom is 0.243 e. The highest BCUT2D eigenvalue weighted by atomic mass is 79.9. The monoisotopic (exact) mass is 369 g/mol. The molecule has 1 aromatic rings. The first kappa shape index (κ1) is 14.2. The van der Waals surface area contributed by atoms with Crippen LogP contribution >= 0.6 is 31.9 Å². The van der Waals surface area contributed by atoms with Crippen LogP contribution in [0.15, 0.2) is 32.0 Å². The molecule has 0 radical (unpaired) electrons.